The van der Waals surface area contributed by atoms with Gasteiger partial charge in [0.2, 0.25) is 0 Å². The predicted octanol–water partition coefficient (Wildman–Crippen LogP) is 4.75. The van der Waals surface area contributed by atoms with E-state index < -0.39 is 11.9 Å². The van der Waals surface area contributed by atoms with Crippen LogP contribution in [0, 0.1) is 0 Å². The summed E-state index contributed by atoms with van der Waals surface area (Å²) >= 11 is 0. The highest BCUT2D eigenvalue weighted by atomic mass is 16.4. The Morgan fingerprint density at radius 3 is 1.48 bits per heavy atom. The van der Waals surface area contributed by atoms with Crippen LogP contribution in [0.25, 0.3) is 0 Å². The monoisotopic (exact) mass is 407 g/mol. The second-order valence-corrected chi connectivity index (χ2v) is 7.82. The SMILES string of the molecule is CCCC[N+](CCCC)(CCCC)CCCC.O=C([O-])c1cccc(C(=O)O)c1. The summed E-state index contributed by atoms with van der Waals surface area (Å²) in [5.74, 6) is -2.53. The summed E-state index contributed by atoms with van der Waals surface area (Å²) in [5, 5.41) is 18.7. The number of rotatable bonds is 14. The summed E-state index contributed by atoms with van der Waals surface area (Å²) < 4.78 is 1.42. The Bertz CT molecular complexity index is 519. The molecule has 0 amide bonds. The van der Waals surface area contributed by atoms with Gasteiger partial charge in [-0.2, -0.15) is 0 Å². The highest BCUT2D eigenvalue weighted by Crippen LogP contribution is 2.16. The molecule has 1 aromatic carbocycles. The van der Waals surface area contributed by atoms with Crippen molar-refractivity contribution in [1.82, 2.24) is 0 Å². The van der Waals surface area contributed by atoms with E-state index in [1.807, 2.05) is 0 Å². The molecule has 5 heteroatoms. The fourth-order valence-electron chi connectivity index (χ4n) is 3.42. The van der Waals surface area contributed by atoms with E-state index in [-0.39, 0.29) is 11.1 Å². The molecule has 0 saturated heterocycles. The minimum absolute atomic E-state index is 0.0586. The van der Waals surface area contributed by atoms with Crippen LogP contribution in [0.5, 0.6) is 0 Å². The zero-order valence-electron chi connectivity index (χ0n) is 18.9. The van der Waals surface area contributed by atoms with Gasteiger partial charge in [-0.1, -0.05) is 65.5 Å². The van der Waals surface area contributed by atoms with Crippen LogP contribution in [0.15, 0.2) is 24.3 Å². The molecule has 0 spiro atoms. The number of aromatic carboxylic acids is 2. The van der Waals surface area contributed by atoms with Gasteiger partial charge in [-0.05, 0) is 43.4 Å². The van der Waals surface area contributed by atoms with Gasteiger partial charge >= 0.3 is 5.97 Å². The molecule has 5 nitrogen and oxygen atoms in total. The second kappa shape index (κ2) is 16.0. The van der Waals surface area contributed by atoms with Crippen LogP contribution in [0.4, 0.5) is 0 Å². The highest BCUT2D eigenvalue weighted by Gasteiger charge is 2.24. The van der Waals surface area contributed by atoms with E-state index in [9.17, 15) is 14.7 Å². The number of carboxylic acid groups (broad SMARTS) is 2. The maximum Gasteiger partial charge on any atom is 0.335 e. The largest absolute Gasteiger partial charge is 0.545 e. The second-order valence-electron chi connectivity index (χ2n) is 7.82. The number of hydrogen-bond donors (Lipinski definition) is 1. The van der Waals surface area contributed by atoms with Gasteiger partial charge < -0.3 is 19.5 Å². The summed E-state index contributed by atoms with van der Waals surface area (Å²) in [6.07, 6.45) is 11.1. The van der Waals surface area contributed by atoms with Crippen LogP contribution in [-0.4, -0.2) is 47.7 Å². The van der Waals surface area contributed by atoms with Gasteiger partial charge in [0.05, 0.1) is 37.7 Å². The molecule has 0 radical (unpaired) electrons. The van der Waals surface area contributed by atoms with Gasteiger partial charge in [0, 0.05) is 0 Å². The van der Waals surface area contributed by atoms with Gasteiger partial charge in [0.1, 0.15) is 0 Å². The number of quaternary nitrogens is 1. The lowest BCUT2D eigenvalue weighted by Gasteiger charge is -2.39. The summed E-state index contributed by atoms with van der Waals surface area (Å²) in [5.41, 5.74) is -0.188. The van der Waals surface area contributed by atoms with Crippen LogP contribution in [0.3, 0.4) is 0 Å². The third-order valence-corrected chi connectivity index (χ3v) is 5.29. The van der Waals surface area contributed by atoms with Crippen LogP contribution >= 0.6 is 0 Å². The van der Waals surface area contributed by atoms with E-state index in [0.717, 1.165) is 6.07 Å². The average Bonchev–Trinajstić information content (AvgIpc) is 2.73. The van der Waals surface area contributed by atoms with Crippen molar-refractivity contribution >= 4 is 11.9 Å². The summed E-state index contributed by atoms with van der Waals surface area (Å²) in [6, 6.07) is 5.00. The smallest absolute Gasteiger partial charge is 0.335 e. The number of benzene rings is 1. The first-order valence-electron chi connectivity index (χ1n) is 11.3. The van der Waals surface area contributed by atoms with Crippen molar-refractivity contribution in [2.45, 2.75) is 79.1 Å². The molecule has 0 saturated carbocycles. The predicted molar refractivity (Wildman–Crippen MR) is 117 cm³/mol. The van der Waals surface area contributed by atoms with Crippen molar-refractivity contribution in [3.63, 3.8) is 0 Å². The van der Waals surface area contributed by atoms with Gasteiger partial charge in [-0.3, -0.25) is 0 Å². The van der Waals surface area contributed by atoms with Crippen LogP contribution < -0.4 is 5.11 Å². The average molecular weight is 408 g/mol. The molecule has 1 N–H and O–H groups in total. The van der Waals surface area contributed by atoms with E-state index in [0.29, 0.717) is 0 Å². The number of carboxylic acids is 2. The fourth-order valence-corrected chi connectivity index (χ4v) is 3.42. The molecule has 29 heavy (non-hydrogen) atoms. The molecule has 0 fully saturated rings. The third kappa shape index (κ3) is 11.6. The maximum absolute atomic E-state index is 10.4. The van der Waals surface area contributed by atoms with Gasteiger partial charge in [0.15, 0.2) is 0 Å². The maximum atomic E-state index is 10.4. The molecule has 0 heterocycles. The minimum Gasteiger partial charge on any atom is -0.545 e. The number of carbonyl (C=O) groups excluding carboxylic acids is 1. The van der Waals surface area contributed by atoms with Crippen molar-refractivity contribution < 1.29 is 24.3 Å². The van der Waals surface area contributed by atoms with Crippen molar-refractivity contribution in [2.24, 2.45) is 0 Å². The first kappa shape index (κ1) is 27.1. The van der Waals surface area contributed by atoms with Gasteiger partial charge in [-0.15, -0.1) is 0 Å². The third-order valence-electron chi connectivity index (χ3n) is 5.29. The van der Waals surface area contributed by atoms with E-state index in [1.165, 1.54) is 100 Å². The lowest BCUT2D eigenvalue weighted by atomic mass is 10.1. The fraction of sp³-hybridized carbons (Fsp3) is 0.667. The van der Waals surface area contributed by atoms with Crippen molar-refractivity contribution in [2.75, 3.05) is 26.2 Å². The molecule has 0 aliphatic heterocycles. The Hall–Kier alpha value is -1.88. The van der Waals surface area contributed by atoms with E-state index in [2.05, 4.69) is 27.7 Å². The van der Waals surface area contributed by atoms with E-state index in [1.54, 1.807) is 0 Å². The van der Waals surface area contributed by atoms with Gasteiger partial charge in [0.25, 0.3) is 0 Å². The van der Waals surface area contributed by atoms with Crippen molar-refractivity contribution in [3.05, 3.63) is 35.4 Å². The molecule has 0 aliphatic rings. The molecule has 166 valence electrons. The molecule has 1 rings (SSSR count). The Kier molecular flexibility index (Phi) is 14.9. The first-order valence-corrected chi connectivity index (χ1v) is 11.3. The molecular weight excluding hydrogens is 366 g/mol. The Morgan fingerprint density at radius 2 is 1.17 bits per heavy atom. The summed E-state index contributed by atoms with van der Waals surface area (Å²) in [7, 11) is 0. The minimum atomic E-state index is -1.38. The standard InChI is InChI=1S/C16H36N.C8H6O4/c1-5-9-13-17(14-10-6-2,15-11-7-3)16-12-8-4;9-7(10)5-2-1-3-6(4-5)8(11)12/h5-16H2,1-4H3;1-4H,(H,9,10)(H,11,12)/q+1;/p-1. The van der Waals surface area contributed by atoms with Crippen molar-refractivity contribution in [1.29, 1.82) is 0 Å². The van der Waals surface area contributed by atoms with Crippen LogP contribution in [0.1, 0.15) is 99.8 Å². The van der Waals surface area contributed by atoms with Crippen LogP contribution in [0.2, 0.25) is 0 Å². The van der Waals surface area contributed by atoms with Crippen molar-refractivity contribution in [3.8, 4) is 0 Å². The van der Waals surface area contributed by atoms with E-state index in [4.69, 9.17) is 5.11 Å². The lowest BCUT2D eigenvalue weighted by molar-refractivity contribution is -0.929. The summed E-state index contributed by atoms with van der Waals surface area (Å²) in [4.78, 5) is 20.6. The molecule has 1 aromatic rings. The topological polar surface area (TPSA) is 77.4 Å². The Labute approximate surface area is 177 Å². The Morgan fingerprint density at radius 1 is 0.793 bits per heavy atom. The molecular formula is C24H41NO4. The molecule has 0 aliphatic carbocycles. The summed E-state index contributed by atoms with van der Waals surface area (Å²) in [6.45, 7) is 15.0. The zero-order chi connectivity index (χ0) is 22.1. The van der Waals surface area contributed by atoms with Crippen LogP contribution in [-0.2, 0) is 0 Å². The van der Waals surface area contributed by atoms with E-state index >= 15 is 0 Å². The number of carbonyl (C=O) groups is 2. The number of nitrogens with zero attached hydrogens (tertiary/aromatic N) is 1. The number of unbranched alkanes of at least 4 members (excludes halogenated alkanes) is 4. The molecule has 0 bridgehead atoms. The quantitative estimate of drug-likeness (QED) is 0.451. The normalized spacial score (nSPS) is 10.9. The molecule has 0 unspecified atom stereocenters. The number of hydrogen-bond acceptors (Lipinski definition) is 3. The molecule has 0 atom stereocenters. The molecule has 0 aromatic heterocycles. The first-order chi connectivity index (χ1) is 13.9. The highest BCUT2D eigenvalue weighted by molar-refractivity contribution is 5.92. The van der Waals surface area contributed by atoms with Gasteiger partial charge in [-0.25, -0.2) is 4.79 Å². The Balaban J connectivity index is 0.000000571. The zero-order valence-corrected chi connectivity index (χ0v) is 18.9. The lowest BCUT2D eigenvalue weighted by Crippen LogP contribution is -2.50.